The van der Waals surface area contributed by atoms with Crippen LogP contribution < -0.4 is 5.73 Å². The number of hydrogen-bond acceptors (Lipinski definition) is 4. The minimum absolute atomic E-state index is 0.0469. The molecule has 1 unspecified atom stereocenters. The first-order valence-electron chi connectivity index (χ1n) is 5.29. The summed E-state index contributed by atoms with van der Waals surface area (Å²) in [5.74, 6) is -0.901. The molecule has 1 atom stereocenters. The van der Waals surface area contributed by atoms with E-state index in [9.17, 15) is 9.59 Å². The number of nitrogens with two attached hydrogens (primary N) is 1. The van der Waals surface area contributed by atoms with E-state index in [1.807, 2.05) is 0 Å². The first-order chi connectivity index (χ1) is 7.08. The quantitative estimate of drug-likeness (QED) is 0.642. The van der Waals surface area contributed by atoms with Crippen molar-refractivity contribution in [2.75, 3.05) is 19.6 Å². The molecule has 3 N–H and O–H groups in total. The molecule has 0 aromatic heterocycles. The molecule has 1 rings (SSSR count). The number of carbonyl (C=O) groups excluding carboxylic acids is 1. The Balaban J connectivity index is 2.19. The highest BCUT2D eigenvalue weighted by Gasteiger charge is 2.18. The van der Waals surface area contributed by atoms with Gasteiger partial charge in [-0.05, 0) is 25.9 Å². The van der Waals surface area contributed by atoms with Gasteiger partial charge in [-0.25, -0.2) is 0 Å². The van der Waals surface area contributed by atoms with Gasteiger partial charge in [0.25, 0.3) is 0 Å². The highest BCUT2D eigenvalue weighted by Crippen LogP contribution is 2.07. The number of hydrogen-bond donors (Lipinski definition) is 2. The molecule has 1 aliphatic heterocycles. The van der Waals surface area contributed by atoms with Gasteiger partial charge in [0.1, 0.15) is 5.78 Å². The van der Waals surface area contributed by atoms with Gasteiger partial charge in [0.2, 0.25) is 0 Å². The molecule has 0 bridgehead atoms. The fourth-order valence-electron chi connectivity index (χ4n) is 1.84. The van der Waals surface area contributed by atoms with Gasteiger partial charge >= 0.3 is 5.97 Å². The second-order valence-corrected chi connectivity index (χ2v) is 4.08. The molecule has 0 aromatic rings. The summed E-state index contributed by atoms with van der Waals surface area (Å²) >= 11 is 0. The average Bonchev–Trinajstić information content (AvgIpc) is 2.53. The molecule has 1 heterocycles. The zero-order chi connectivity index (χ0) is 11.3. The smallest absolute Gasteiger partial charge is 0.304 e. The summed E-state index contributed by atoms with van der Waals surface area (Å²) in [6.45, 7) is 2.37. The van der Waals surface area contributed by atoms with Crippen molar-refractivity contribution in [2.45, 2.75) is 31.7 Å². The zero-order valence-electron chi connectivity index (χ0n) is 8.82. The third-order valence-corrected chi connectivity index (χ3v) is 2.53. The molecule has 0 aromatic carbocycles. The Hall–Kier alpha value is -0.940. The maximum Gasteiger partial charge on any atom is 0.304 e. The third kappa shape index (κ3) is 4.90. The summed E-state index contributed by atoms with van der Waals surface area (Å²) in [6, 6.07) is -0.544. The molecular formula is C10H18N2O3. The highest BCUT2D eigenvalue weighted by molar-refractivity contribution is 5.81. The first-order valence-corrected chi connectivity index (χ1v) is 5.29. The Morgan fingerprint density at radius 2 is 1.87 bits per heavy atom. The number of carboxylic acids is 1. The summed E-state index contributed by atoms with van der Waals surface area (Å²) in [7, 11) is 0. The summed E-state index contributed by atoms with van der Waals surface area (Å²) in [6.07, 6.45) is 2.33. The predicted molar refractivity (Wildman–Crippen MR) is 55.5 cm³/mol. The fourth-order valence-corrected chi connectivity index (χ4v) is 1.84. The lowest BCUT2D eigenvalue weighted by Gasteiger charge is -2.14. The minimum atomic E-state index is -0.948. The molecule has 0 aliphatic carbocycles. The van der Waals surface area contributed by atoms with Gasteiger partial charge in [0.05, 0.1) is 13.0 Å². The van der Waals surface area contributed by atoms with Crippen molar-refractivity contribution in [2.24, 2.45) is 5.73 Å². The van der Waals surface area contributed by atoms with Crippen molar-refractivity contribution < 1.29 is 14.7 Å². The monoisotopic (exact) mass is 214 g/mol. The molecule has 15 heavy (non-hydrogen) atoms. The normalized spacial score (nSPS) is 19.0. The highest BCUT2D eigenvalue weighted by atomic mass is 16.4. The van der Waals surface area contributed by atoms with Crippen LogP contribution in [-0.4, -0.2) is 47.4 Å². The molecular weight excluding hydrogens is 196 g/mol. The van der Waals surface area contributed by atoms with Crippen LogP contribution in [0.5, 0.6) is 0 Å². The van der Waals surface area contributed by atoms with Crippen LogP contribution >= 0.6 is 0 Å². The van der Waals surface area contributed by atoms with Crippen LogP contribution in [-0.2, 0) is 9.59 Å². The number of Topliss-reactive ketones (excluding diaryl/α,β-unsaturated/α-hetero) is 1. The second kappa shape index (κ2) is 5.82. The number of rotatable bonds is 6. The minimum Gasteiger partial charge on any atom is -0.481 e. The Labute approximate surface area is 89.2 Å². The molecule has 0 spiro atoms. The van der Waals surface area contributed by atoms with E-state index in [-0.39, 0.29) is 18.6 Å². The van der Waals surface area contributed by atoms with E-state index in [0.717, 1.165) is 25.9 Å². The van der Waals surface area contributed by atoms with E-state index in [2.05, 4.69) is 4.90 Å². The number of ketones is 1. The van der Waals surface area contributed by atoms with Gasteiger partial charge < -0.3 is 10.8 Å². The van der Waals surface area contributed by atoms with Gasteiger partial charge in [0, 0.05) is 12.5 Å². The predicted octanol–water partition coefficient (Wildman–Crippen LogP) is -0.157. The Kier molecular flexibility index (Phi) is 4.71. The molecule has 1 saturated heterocycles. The molecule has 1 fully saturated rings. The van der Waals surface area contributed by atoms with Crippen molar-refractivity contribution in [3.8, 4) is 0 Å². The van der Waals surface area contributed by atoms with Gasteiger partial charge in [-0.2, -0.15) is 0 Å². The Morgan fingerprint density at radius 1 is 1.27 bits per heavy atom. The zero-order valence-corrected chi connectivity index (χ0v) is 8.82. The standard InChI is InChI=1S/C10H18N2O3/c11-8(6-10(14)15)5-9(13)7-12-3-1-2-4-12/h8H,1-7,11H2,(H,14,15). The molecule has 0 amide bonds. The maximum absolute atomic E-state index is 11.5. The van der Waals surface area contributed by atoms with Gasteiger partial charge in [-0.1, -0.05) is 0 Å². The first kappa shape index (κ1) is 12.1. The summed E-state index contributed by atoms with van der Waals surface area (Å²) in [4.78, 5) is 23.9. The number of likely N-dealkylation sites (tertiary alicyclic amines) is 1. The largest absolute Gasteiger partial charge is 0.481 e. The van der Waals surface area contributed by atoms with Crippen LogP contribution in [0.25, 0.3) is 0 Å². The number of carbonyl (C=O) groups is 2. The van der Waals surface area contributed by atoms with E-state index in [1.54, 1.807) is 0 Å². The molecule has 86 valence electrons. The van der Waals surface area contributed by atoms with E-state index in [1.165, 1.54) is 0 Å². The average molecular weight is 214 g/mol. The molecule has 0 radical (unpaired) electrons. The maximum atomic E-state index is 11.5. The molecule has 1 aliphatic rings. The number of carboxylic acid groups (broad SMARTS) is 1. The van der Waals surface area contributed by atoms with Crippen LogP contribution in [0.1, 0.15) is 25.7 Å². The SMILES string of the molecule is NC(CC(=O)O)CC(=O)CN1CCCC1. The van der Waals surface area contributed by atoms with Crippen LogP contribution in [0.2, 0.25) is 0 Å². The van der Waals surface area contributed by atoms with Crippen LogP contribution in [0.3, 0.4) is 0 Å². The van der Waals surface area contributed by atoms with Crippen molar-refractivity contribution in [3.05, 3.63) is 0 Å². The molecule has 5 heteroatoms. The van der Waals surface area contributed by atoms with Crippen LogP contribution in [0.15, 0.2) is 0 Å². The number of aliphatic carboxylic acids is 1. The summed E-state index contributed by atoms with van der Waals surface area (Å²) in [5.41, 5.74) is 5.53. The van der Waals surface area contributed by atoms with E-state index in [0.29, 0.717) is 6.54 Å². The van der Waals surface area contributed by atoms with Crippen molar-refractivity contribution in [1.82, 2.24) is 4.90 Å². The third-order valence-electron chi connectivity index (χ3n) is 2.53. The van der Waals surface area contributed by atoms with E-state index < -0.39 is 12.0 Å². The summed E-state index contributed by atoms with van der Waals surface area (Å²) in [5, 5.41) is 8.48. The second-order valence-electron chi connectivity index (χ2n) is 4.08. The van der Waals surface area contributed by atoms with E-state index in [4.69, 9.17) is 10.8 Å². The van der Waals surface area contributed by atoms with Crippen molar-refractivity contribution >= 4 is 11.8 Å². The van der Waals surface area contributed by atoms with E-state index >= 15 is 0 Å². The van der Waals surface area contributed by atoms with Crippen LogP contribution in [0, 0.1) is 0 Å². The van der Waals surface area contributed by atoms with Crippen molar-refractivity contribution in [1.29, 1.82) is 0 Å². The lowest BCUT2D eigenvalue weighted by molar-refractivity contribution is -0.137. The lowest BCUT2D eigenvalue weighted by atomic mass is 10.1. The summed E-state index contributed by atoms with van der Waals surface area (Å²) < 4.78 is 0. The fraction of sp³-hybridized carbons (Fsp3) is 0.800. The van der Waals surface area contributed by atoms with Crippen molar-refractivity contribution in [3.63, 3.8) is 0 Å². The number of nitrogens with zero attached hydrogens (tertiary/aromatic N) is 1. The van der Waals surface area contributed by atoms with Crippen LogP contribution in [0.4, 0.5) is 0 Å². The lowest BCUT2D eigenvalue weighted by Crippen LogP contribution is -2.32. The van der Waals surface area contributed by atoms with Gasteiger partial charge in [-0.15, -0.1) is 0 Å². The molecule has 0 saturated carbocycles. The van der Waals surface area contributed by atoms with Gasteiger partial charge in [-0.3, -0.25) is 14.5 Å². The Bertz CT molecular complexity index is 237. The Morgan fingerprint density at radius 3 is 2.40 bits per heavy atom. The molecule has 5 nitrogen and oxygen atoms in total. The topological polar surface area (TPSA) is 83.6 Å². The van der Waals surface area contributed by atoms with Gasteiger partial charge in [0.15, 0.2) is 0 Å².